The number of carboxylic acid groups (broad SMARTS) is 1. The SMILES string of the molecule is CC(C)=C1[C@H]2CC[C@@H]1[C@@H](C(=O)Nc1ccc(Br)c(C)c1)[C@@H]2C(=O)O. The number of hydrogen-bond donors (Lipinski definition) is 2. The van der Waals surface area contributed by atoms with Gasteiger partial charge in [0.05, 0.1) is 11.8 Å². The molecule has 1 aromatic carbocycles. The van der Waals surface area contributed by atoms with Gasteiger partial charge in [-0.05, 0) is 69.2 Å². The summed E-state index contributed by atoms with van der Waals surface area (Å²) in [5.41, 5.74) is 4.12. The summed E-state index contributed by atoms with van der Waals surface area (Å²) >= 11 is 3.44. The molecule has 2 N–H and O–H groups in total. The molecule has 2 bridgehead atoms. The fourth-order valence-corrected chi connectivity index (χ4v) is 4.80. The highest BCUT2D eigenvalue weighted by Gasteiger charge is 2.57. The van der Waals surface area contributed by atoms with E-state index >= 15 is 0 Å². The number of nitrogens with one attached hydrogen (secondary N) is 1. The molecule has 0 spiro atoms. The summed E-state index contributed by atoms with van der Waals surface area (Å²) in [6.45, 7) is 6.01. The van der Waals surface area contributed by atoms with E-state index in [1.54, 1.807) is 0 Å². The van der Waals surface area contributed by atoms with Crippen LogP contribution >= 0.6 is 15.9 Å². The lowest BCUT2D eigenvalue weighted by molar-refractivity contribution is -0.148. The number of hydrogen-bond acceptors (Lipinski definition) is 2. The van der Waals surface area contributed by atoms with Crippen LogP contribution in [0.25, 0.3) is 0 Å². The minimum atomic E-state index is -0.854. The first kappa shape index (κ1) is 17.2. The van der Waals surface area contributed by atoms with E-state index < -0.39 is 17.8 Å². The van der Waals surface area contributed by atoms with Gasteiger partial charge in [0.25, 0.3) is 0 Å². The molecule has 0 saturated heterocycles. The Labute approximate surface area is 150 Å². The lowest BCUT2D eigenvalue weighted by atomic mass is 9.78. The van der Waals surface area contributed by atoms with Crippen molar-refractivity contribution < 1.29 is 14.7 Å². The molecule has 1 amide bonds. The Balaban J connectivity index is 1.89. The van der Waals surface area contributed by atoms with Crippen molar-refractivity contribution in [1.82, 2.24) is 0 Å². The van der Waals surface area contributed by atoms with E-state index in [-0.39, 0.29) is 17.7 Å². The third-order valence-electron chi connectivity index (χ3n) is 5.43. The summed E-state index contributed by atoms with van der Waals surface area (Å²) in [4.78, 5) is 24.7. The van der Waals surface area contributed by atoms with Crippen LogP contribution in [-0.2, 0) is 9.59 Å². The number of allylic oxidation sites excluding steroid dienone is 2. The normalized spacial score (nSPS) is 28.1. The monoisotopic (exact) mass is 391 g/mol. The van der Waals surface area contributed by atoms with Gasteiger partial charge >= 0.3 is 5.97 Å². The van der Waals surface area contributed by atoms with Gasteiger partial charge in [-0.25, -0.2) is 0 Å². The Kier molecular flexibility index (Phi) is 4.56. The molecule has 5 heteroatoms. The van der Waals surface area contributed by atoms with E-state index in [2.05, 4.69) is 21.2 Å². The van der Waals surface area contributed by atoms with Crippen LogP contribution in [0, 0.1) is 30.6 Å². The first-order chi connectivity index (χ1) is 11.3. The molecule has 128 valence electrons. The molecule has 1 aromatic rings. The lowest BCUT2D eigenvalue weighted by Gasteiger charge is -2.26. The van der Waals surface area contributed by atoms with Crippen molar-refractivity contribution in [2.45, 2.75) is 33.6 Å². The summed E-state index contributed by atoms with van der Waals surface area (Å²) in [5.74, 6) is -2.03. The summed E-state index contributed by atoms with van der Waals surface area (Å²) in [5, 5.41) is 12.6. The first-order valence-corrected chi connectivity index (χ1v) is 9.07. The summed E-state index contributed by atoms with van der Waals surface area (Å²) < 4.78 is 0.982. The van der Waals surface area contributed by atoms with Crippen LogP contribution in [0.2, 0.25) is 0 Å². The van der Waals surface area contributed by atoms with Gasteiger partial charge in [0.2, 0.25) is 5.91 Å². The molecular weight excluding hydrogens is 370 g/mol. The number of amides is 1. The Bertz CT molecular complexity index is 736. The van der Waals surface area contributed by atoms with E-state index in [0.29, 0.717) is 5.69 Å². The molecule has 0 aromatic heterocycles. The van der Waals surface area contributed by atoms with Gasteiger partial charge in [-0.2, -0.15) is 0 Å². The molecule has 4 nitrogen and oxygen atoms in total. The molecule has 2 aliphatic carbocycles. The zero-order chi connectivity index (χ0) is 17.6. The van der Waals surface area contributed by atoms with Crippen molar-refractivity contribution in [3.8, 4) is 0 Å². The molecule has 0 radical (unpaired) electrons. The predicted octanol–water partition coefficient (Wildman–Crippen LogP) is 4.39. The van der Waals surface area contributed by atoms with Crippen molar-refractivity contribution in [2.75, 3.05) is 5.32 Å². The van der Waals surface area contributed by atoms with Crippen molar-refractivity contribution >= 4 is 33.5 Å². The minimum Gasteiger partial charge on any atom is -0.481 e. The molecule has 2 saturated carbocycles. The van der Waals surface area contributed by atoms with Crippen LogP contribution in [-0.4, -0.2) is 17.0 Å². The number of rotatable bonds is 3. The number of halogens is 1. The van der Waals surface area contributed by atoms with E-state index in [1.807, 2.05) is 39.0 Å². The average molecular weight is 392 g/mol. The van der Waals surface area contributed by atoms with Gasteiger partial charge in [0.15, 0.2) is 0 Å². The number of fused-ring (bicyclic) bond motifs is 2. The van der Waals surface area contributed by atoms with Gasteiger partial charge in [0, 0.05) is 10.2 Å². The number of aryl methyl sites for hydroxylation is 1. The maximum atomic E-state index is 12.9. The number of aliphatic carboxylic acids is 1. The van der Waals surface area contributed by atoms with Gasteiger partial charge < -0.3 is 10.4 Å². The van der Waals surface area contributed by atoms with E-state index in [0.717, 1.165) is 22.9 Å². The van der Waals surface area contributed by atoms with Crippen LogP contribution in [0.3, 0.4) is 0 Å². The second kappa shape index (κ2) is 6.36. The predicted molar refractivity (Wildman–Crippen MR) is 96.7 cm³/mol. The number of carboxylic acids is 1. The molecule has 0 heterocycles. The summed E-state index contributed by atoms with van der Waals surface area (Å²) in [6.07, 6.45) is 1.79. The van der Waals surface area contributed by atoms with E-state index in [1.165, 1.54) is 11.1 Å². The molecular formula is C19H22BrNO3. The Hall–Kier alpha value is -1.62. The standard InChI is InChI=1S/C19H22BrNO3/c1-9(2)15-12-5-6-13(15)17(19(23)24)16(12)18(22)21-11-4-7-14(20)10(3)8-11/h4,7-8,12-13,16-17H,5-6H2,1-3H3,(H,21,22)(H,23,24)/t12-,13+,16+,17+/m0/s1. The van der Waals surface area contributed by atoms with E-state index in [4.69, 9.17) is 0 Å². The number of carbonyl (C=O) groups is 2. The highest BCUT2D eigenvalue weighted by atomic mass is 79.9. The van der Waals surface area contributed by atoms with Crippen molar-refractivity contribution in [2.24, 2.45) is 23.7 Å². The Morgan fingerprint density at radius 2 is 1.79 bits per heavy atom. The number of anilines is 1. The largest absolute Gasteiger partial charge is 0.481 e. The van der Waals surface area contributed by atoms with Gasteiger partial charge in [-0.3, -0.25) is 9.59 Å². The van der Waals surface area contributed by atoms with Crippen LogP contribution in [0.1, 0.15) is 32.3 Å². The molecule has 24 heavy (non-hydrogen) atoms. The molecule has 2 aliphatic rings. The molecule has 3 rings (SSSR count). The first-order valence-electron chi connectivity index (χ1n) is 8.28. The molecule has 2 fully saturated rings. The second-order valence-electron chi connectivity index (χ2n) is 7.09. The maximum Gasteiger partial charge on any atom is 0.307 e. The van der Waals surface area contributed by atoms with Gasteiger partial charge in [-0.1, -0.05) is 27.1 Å². The third-order valence-corrected chi connectivity index (χ3v) is 6.32. The zero-order valence-electron chi connectivity index (χ0n) is 14.1. The number of benzene rings is 1. The van der Waals surface area contributed by atoms with Crippen molar-refractivity contribution in [3.63, 3.8) is 0 Å². The third kappa shape index (κ3) is 2.79. The minimum absolute atomic E-state index is 0.0138. The fraction of sp³-hybridized carbons (Fsp3) is 0.474. The molecule has 0 unspecified atom stereocenters. The summed E-state index contributed by atoms with van der Waals surface area (Å²) in [6, 6.07) is 5.62. The second-order valence-corrected chi connectivity index (χ2v) is 7.94. The molecule has 4 atom stereocenters. The van der Waals surface area contributed by atoms with Crippen LogP contribution < -0.4 is 5.32 Å². The van der Waals surface area contributed by atoms with Crippen LogP contribution in [0.5, 0.6) is 0 Å². The number of carbonyl (C=O) groups excluding carboxylic acids is 1. The topological polar surface area (TPSA) is 66.4 Å². The van der Waals surface area contributed by atoms with Gasteiger partial charge in [0.1, 0.15) is 0 Å². The highest BCUT2D eigenvalue weighted by Crippen LogP contribution is 2.57. The maximum absolute atomic E-state index is 12.9. The summed E-state index contributed by atoms with van der Waals surface area (Å²) in [7, 11) is 0. The quantitative estimate of drug-likeness (QED) is 0.750. The van der Waals surface area contributed by atoms with E-state index in [9.17, 15) is 14.7 Å². The lowest BCUT2D eigenvalue weighted by Crippen LogP contribution is -2.37. The smallest absolute Gasteiger partial charge is 0.307 e. The Morgan fingerprint density at radius 3 is 2.33 bits per heavy atom. The average Bonchev–Trinajstić information content (AvgIpc) is 3.06. The molecule has 0 aliphatic heterocycles. The van der Waals surface area contributed by atoms with Crippen LogP contribution in [0.4, 0.5) is 5.69 Å². The van der Waals surface area contributed by atoms with Crippen molar-refractivity contribution in [1.29, 1.82) is 0 Å². The zero-order valence-corrected chi connectivity index (χ0v) is 15.7. The Morgan fingerprint density at radius 1 is 1.17 bits per heavy atom. The van der Waals surface area contributed by atoms with Gasteiger partial charge in [-0.15, -0.1) is 0 Å². The highest BCUT2D eigenvalue weighted by molar-refractivity contribution is 9.10. The van der Waals surface area contributed by atoms with Crippen molar-refractivity contribution in [3.05, 3.63) is 39.4 Å². The fourth-order valence-electron chi connectivity index (χ4n) is 4.55. The van der Waals surface area contributed by atoms with Crippen LogP contribution in [0.15, 0.2) is 33.8 Å².